The van der Waals surface area contributed by atoms with Crippen LogP contribution < -0.4 is 14.2 Å². The van der Waals surface area contributed by atoms with E-state index in [1.54, 1.807) is 55.7 Å². The van der Waals surface area contributed by atoms with Gasteiger partial charge in [0.1, 0.15) is 23.9 Å². The molecule has 0 N–H and O–H groups in total. The van der Waals surface area contributed by atoms with Crippen LogP contribution in [0.2, 0.25) is 0 Å². The van der Waals surface area contributed by atoms with Crippen LogP contribution in [0.15, 0.2) is 72.5 Å². The van der Waals surface area contributed by atoms with Crippen LogP contribution in [-0.4, -0.2) is 26.0 Å². The first kappa shape index (κ1) is 20.2. The van der Waals surface area contributed by atoms with Crippen LogP contribution in [0.25, 0.3) is 6.08 Å². The lowest BCUT2D eigenvalue weighted by Gasteiger charge is -2.08. The van der Waals surface area contributed by atoms with E-state index in [0.29, 0.717) is 29.2 Å². The molecular weight excluding hydrogens is 396 g/mol. The number of Topliss-reactive ketones (excluding diaryl/α,β-unsaturated/α-hetero) is 1. The van der Waals surface area contributed by atoms with Crippen molar-refractivity contribution in [2.24, 2.45) is 0 Å². The summed E-state index contributed by atoms with van der Waals surface area (Å²) < 4.78 is 21.4. The molecule has 0 atom stereocenters. The summed E-state index contributed by atoms with van der Waals surface area (Å²) in [6, 6.07) is 19.5. The number of esters is 1. The van der Waals surface area contributed by atoms with Crippen LogP contribution in [0, 0.1) is 0 Å². The Morgan fingerprint density at radius 3 is 2.32 bits per heavy atom. The third-order valence-electron chi connectivity index (χ3n) is 4.84. The van der Waals surface area contributed by atoms with Gasteiger partial charge in [-0.15, -0.1) is 0 Å². The zero-order valence-electron chi connectivity index (χ0n) is 17.1. The van der Waals surface area contributed by atoms with Crippen molar-refractivity contribution < 1.29 is 28.5 Å². The Balaban J connectivity index is 1.46. The van der Waals surface area contributed by atoms with E-state index in [4.69, 9.17) is 14.2 Å². The number of benzene rings is 3. The molecule has 0 saturated carbocycles. The van der Waals surface area contributed by atoms with Crippen molar-refractivity contribution in [1.29, 1.82) is 0 Å². The van der Waals surface area contributed by atoms with E-state index in [-0.39, 0.29) is 11.5 Å². The molecule has 0 aliphatic carbocycles. The van der Waals surface area contributed by atoms with Crippen LogP contribution in [0.4, 0.5) is 0 Å². The van der Waals surface area contributed by atoms with Gasteiger partial charge in [0.05, 0.1) is 25.3 Å². The minimum absolute atomic E-state index is 0.200. The van der Waals surface area contributed by atoms with Gasteiger partial charge in [-0.3, -0.25) is 4.79 Å². The number of fused-ring (bicyclic) bond motifs is 1. The highest BCUT2D eigenvalue weighted by Crippen LogP contribution is 2.35. The van der Waals surface area contributed by atoms with Gasteiger partial charge in [-0.05, 0) is 53.6 Å². The molecule has 0 amide bonds. The fourth-order valence-electron chi connectivity index (χ4n) is 3.13. The molecule has 1 aliphatic heterocycles. The number of rotatable bonds is 6. The van der Waals surface area contributed by atoms with Crippen molar-refractivity contribution in [3.63, 3.8) is 0 Å². The summed E-state index contributed by atoms with van der Waals surface area (Å²) in [6.07, 6.45) is 1.64. The highest BCUT2D eigenvalue weighted by molar-refractivity contribution is 6.14. The van der Waals surface area contributed by atoms with Gasteiger partial charge in [-0.25, -0.2) is 4.79 Å². The lowest BCUT2D eigenvalue weighted by molar-refractivity contribution is 0.0600. The van der Waals surface area contributed by atoms with Gasteiger partial charge in [0.2, 0.25) is 5.78 Å². The first-order valence-corrected chi connectivity index (χ1v) is 9.60. The van der Waals surface area contributed by atoms with Crippen molar-refractivity contribution in [2.75, 3.05) is 14.2 Å². The second kappa shape index (κ2) is 8.75. The predicted molar refractivity (Wildman–Crippen MR) is 114 cm³/mol. The molecule has 3 aromatic rings. The van der Waals surface area contributed by atoms with E-state index >= 15 is 0 Å². The summed E-state index contributed by atoms with van der Waals surface area (Å²) in [5.41, 5.74) is 2.65. The fourth-order valence-corrected chi connectivity index (χ4v) is 3.13. The van der Waals surface area contributed by atoms with Crippen molar-refractivity contribution in [3.8, 4) is 17.2 Å². The lowest BCUT2D eigenvalue weighted by Crippen LogP contribution is -2.01. The van der Waals surface area contributed by atoms with E-state index in [1.807, 2.05) is 24.3 Å². The molecular formula is C25H20O6. The minimum atomic E-state index is -0.415. The topological polar surface area (TPSA) is 71.1 Å². The maximum Gasteiger partial charge on any atom is 0.337 e. The number of hydrogen-bond donors (Lipinski definition) is 0. The molecule has 0 radical (unpaired) electrons. The summed E-state index contributed by atoms with van der Waals surface area (Å²) in [7, 11) is 2.95. The van der Waals surface area contributed by atoms with Gasteiger partial charge in [0.15, 0.2) is 5.76 Å². The van der Waals surface area contributed by atoms with Gasteiger partial charge in [-0.1, -0.05) is 24.3 Å². The maximum absolute atomic E-state index is 12.7. The first-order valence-electron chi connectivity index (χ1n) is 9.60. The van der Waals surface area contributed by atoms with Gasteiger partial charge < -0.3 is 18.9 Å². The van der Waals surface area contributed by atoms with E-state index in [9.17, 15) is 9.59 Å². The maximum atomic E-state index is 12.7. The van der Waals surface area contributed by atoms with Gasteiger partial charge in [-0.2, -0.15) is 0 Å². The Bertz CT molecular complexity index is 1140. The molecule has 156 valence electrons. The van der Waals surface area contributed by atoms with E-state index in [2.05, 4.69) is 4.74 Å². The van der Waals surface area contributed by atoms with Crippen LogP contribution in [-0.2, 0) is 11.3 Å². The van der Waals surface area contributed by atoms with Crippen molar-refractivity contribution in [3.05, 3.63) is 94.7 Å². The molecule has 31 heavy (non-hydrogen) atoms. The molecule has 0 fully saturated rings. The smallest absolute Gasteiger partial charge is 0.337 e. The average Bonchev–Trinajstić information content (AvgIpc) is 3.12. The number of carbonyl (C=O) groups excluding carboxylic acids is 2. The van der Waals surface area contributed by atoms with Crippen LogP contribution in [0.3, 0.4) is 0 Å². The Morgan fingerprint density at radius 2 is 1.65 bits per heavy atom. The lowest BCUT2D eigenvalue weighted by atomic mass is 10.1. The third-order valence-corrected chi connectivity index (χ3v) is 4.84. The quantitative estimate of drug-likeness (QED) is 0.429. The second-order valence-electron chi connectivity index (χ2n) is 6.85. The highest BCUT2D eigenvalue weighted by atomic mass is 16.5. The second-order valence-corrected chi connectivity index (χ2v) is 6.85. The summed E-state index contributed by atoms with van der Waals surface area (Å²) in [5.74, 6) is 1.44. The number of allylic oxidation sites excluding steroid dienone is 1. The van der Waals surface area contributed by atoms with Gasteiger partial charge in [0.25, 0.3) is 0 Å². The normalized spacial score (nSPS) is 13.5. The number of methoxy groups -OCH3 is 2. The molecule has 0 aromatic heterocycles. The fraction of sp³-hybridized carbons (Fsp3) is 0.120. The zero-order valence-corrected chi connectivity index (χ0v) is 17.1. The van der Waals surface area contributed by atoms with E-state index in [0.717, 1.165) is 16.9 Å². The van der Waals surface area contributed by atoms with Crippen molar-refractivity contribution in [2.45, 2.75) is 6.61 Å². The summed E-state index contributed by atoms with van der Waals surface area (Å²) in [4.78, 5) is 24.2. The number of ketones is 1. The molecule has 0 bridgehead atoms. The van der Waals surface area contributed by atoms with E-state index in [1.165, 1.54) is 7.11 Å². The van der Waals surface area contributed by atoms with Crippen LogP contribution >= 0.6 is 0 Å². The first-order chi connectivity index (χ1) is 15.1. The molecule has 0 spiro atoms. The number of carbonyl (C=O) groups is 2. The standard InChI is InChI=1S/C25H20O6/c1-28-19-9-5-17(6-10-19)15-30-20-11-12-21-22(14-20)31-23(24(21)26)13-16-3-7-18(8-4-16)25(27)29-2/h3-14H,15H2,1-2H3/b23-13-. The summed E-state index contributed by atoms with van der Waals surface area (Å²) in [6.45, 7) is 0.381. The Hall–Kier alpha value is -4.06. The molecule has 6 nitrogen and oxygen atoms in total. The molecule has 1 heterocycles. The monoisotopic (exact) mass is 416 g/mol. The Labute approximate surface area is 179 Å². The van der Waals surface area contributed by atoms with Crippen molar-refractivity contribution >= 4 is 17.8 Å². The molecule has 3 aromatic carbocycles. The molecule has 0 saturated heterocycles. The van der Waals surface area contributed by atoms with Gasteiger partial charge >= 0.3 is 5.97 Å². The Morgan fingerprint density at radius 1 is 0.935 bits per heavy atom. The minimum Gasteiger partial charge on any atom is -0.497 e. The Kier molecular flexibility index (Phi) is 5.71. The number of hydrogen-bond acceptors (Lipinski definition) is 6. The van der Waals surface area contributed by atoms with E-state index < -0.39 is 5.97 Å². The van der Waals surface area contributed by atoms with Crippen LogP contribution in [0.1, 0.15) is 31.8 Å². The molecule has 0 unspecified atom stereocenters. The molecule has 6 heteroatoms. The highest BCUT2D eigenvalue weighted by Gasteiger charge is 2.27. The van der Waals surface area contributed by atoms with Gasteiger partial charge in [0, 0.05) is 6.07 Å². The summed E-state index contributed by atoms with van der Waals surface area (Å²) >= 11 is 0. The van der Waals surface area contributed by atoms with Crippen molar-refractivity contribution in [1.82, 2.24) is 0 Å². The van der Waals surface area contributed by atoms with Crippen LogP contribution in [0.5, 0.6) is 17.2 Å². The third kappa shape index (κ3) is 4.43. The SMILES string of the molecule is COC(=O)c1ccc(/C=C2\Oc3cc(OCc4ccc(OC)cc4)ccc3C2=O)cc1. The number of ether oxygens (including phenoxy) is 4. The molecule has 4 rings (SSSR count). The summed E-state index contributed by atoms with van der Waals surface area (Å²) in [5, 5.41) is 0. The average molecular weight is 416 g/mol. The largest absolute Gasteiger partial charge is 0.497 e. The predicted octanol–water partition coefficient (Wildman–Crippen LogP) is 4.68. The molecule has 1 aliphatic rings. The zero-order chi connectivity index (χ0) is 21.8.